The molecule has 0 radical (unpaired) electrons. The molecule has 0 unspecified atom stereocenters. The van der Waals surface area contributed by atoms with Gasteiger partial charge in [-0.05, 0) is 18.2 Å². The lowest BCUT2D eigenvalue weighted by molar-refractivity contribution is -0.117. The summed E-state index contributed by atoms with van der Waals surface area (Å²) in [6, 6.07) is 10.7. The van der Waals surface area contributed by atoms with Crippen LogP contribution in [0.4, 0.5) is 18.9 Å². The van der Waals surface area contributed by atoms with E-state index in [9.17, 15) is 22.8 Å². The number of halogens is 4. The Hall–Kier alpha value is -3.13. The third kappa shape index (κ3) is 4.35. The molecule has 0 atom stereocenters. The number of amides is 1. The normalized spacial score (nSPS) is 10.7. The minimum atomic E-state index is -1.64. The summed E-state index contributed by atoms with van der Waals surface area (Å²) in [5, 5.41) is 6.82. The van der Waals surface area contributed by atoms with Crippen LogP contribution in [0, 0.1) is 17.5 Å². The molecule has 0 aliphatic heterocycles. The van der Waals surface area contributed by atoms with Crippen molar-refractivity contribution in [2.24, 2.45) is 0 Å². The second kappa shape index (κ2) is 7.63. The van der Waals surface area contributed by atoms with Gasteiger partial charge in [-0.25, -0.2) is 17.9 Å². The molecule has 138 valence electrons. The molecule has 1 aromatic heterocycles. The fraction of sp³-hybridized carbons (Fsp3) is 0.0556. The highest BCUT2D eigenvalue weighted by Crippen LogP contribution is 2.19. The summed E-state index contributed by atoms with van der Waals surface area (Å²) in [4.78, 5) is 24.0. The topological polar surface area (TPSA) is 64.0 Å². The summed E-state index contributed by atoms with van der Waals surface area (Å²) < 4.78 is 40.3. The number of nitrogens with zero attached hydrogens (tertiary/aromatic N) is 2. The molecule has 0 fully saturated rings. The quantitative estimate of drug-likeness (QED) is 0.689. The van der Waals surface area contributed by atoms with Crippen LogP contribution in [-0.2, 0) is 11.3 Å². The summed E-state index contributed by atoms with van der Waals surface area (Å²) in [5.74, 6) is -5.28. The highest BCUT2D eigenvalue weighted by atomic mass is 35.5. The van der Waals surface area contributed by atoms with E-state index < -0.39 is 35.5 Å². The lowest BCUT2D eigenvalue weighted by atomic mass is 10.1. The van der Waals surface area contributed by atoms with Crippen molar-refractivity contribution >= 4 is 23.2 Å². The fourth-order valence-corrected chi connectivity index (χ4v) is 2.43. The predicted octanol–water partition coefficient (Wildman–Crippen LogP) is 3.62. The van der Waals surface area contributed by atoms with E-state index >= 15 is 0 Å². The van der Waals surface area contributed by atoms with E-state index in [0.717, 1.165) is 4.68 Å². The Labute approximate surface area is 156 Å². The van der Waals surface area contributed by atoms with Gasteiger partial charge in [0.1, 0.15) is 6.54 Å². The van der Waals surface area contributed by atoms with E-state index in [2.05, 4.69) is 10.4 Å². The van der Waals surface area contributed by atoms with Crippen molar-refractivity contribution in [1.82, 2.24) is 9.78 Å². The molecule has 3 rings (SSSR count). The number of aromatic nitrogens is 2. The minimum absolute atomic E-state index is 0.279. The van der Waals surface area contributed by atoms with Crippen LogP contribution >= 0.6 is 11.6 Å². The van der Waals surface area contributed by atoms with E-state index in [1.54, 1.807) is 24.3 Å². The molecule has 9 heteroatoms. The van der Waals surface area contributed by atoms with Crippen LogP contribution in [-0.4, -0.2) is 15.7 Å². The fourth-order valence-electron chi connectivity index (χ4n) is 2.30. The summed E-state index contributed by atoms with van der Waals surface area (Å²) in [6.45, 7) is -0.499. The lowest BCUT2D eigenvalue weighted by Gasteiger charge is -2.09. The molecule has 0 bridgehead atoms. The Morgan fingerprint density at radius 2 is 1.67 bits per heavy atom. The van der Waals surface area contributed by atoms with Crippen molar-refractivity contribution in [3.8, 4) is 11.3 Å². The van der Waals surface area contributed by atoms with Gasteiger partial charge in [-0.2, -0.15) is 5.10 Å². The van der Waals surface area contributed by atoms with Gasteiger partial charge in [0.05, 0.1) is 5.69 Å². The second-order valence-electron chi connectivity index (χ2n) is 5.52. The Bertz CT molecular complexity index is 1050. The smallest absolute Gasteiger partial charge is 0.267 e. The maximum atomic E-state index is 13.2. The highest BCUT2D eigenvalue weighted by Gasteiger charge is 2.13. The molecule has 3 aromatic rings. The molecular weight excluding hydrogens is 383 g/mol. The first-order chi connectivity index (χ1) is 12.8. The molecule has 0 saturated heterocycles. The van der Waals surface area contributed by atoms with Gasteiger partial charge in [-0.1, -0.05) is 23.7 Å². The average Bonchev–Trinajstić information content (AvgIpc) is 2.62. The molecule has 1 amide bonds. The average molecular weight is 394 g/mol. The number of hydrogen-bond donors (Lipinski definition) is 1. The van der Waals surface area contributed by atoms with E-state index in [0.29, 0.717) is 28.4 Å². The summed E-state index contributed by atoms with van der Waals surface area (Å²) >= 11 is 5.83. The molecule has 0 aliphatic rings. The van der Waals surface area contributed by atoms with Crippen molar-refractivity contribution in [3.05, 3.63) is 81.4 Å². The van der Waals surface area contributed by atoms with Gasteiger partial charge < -0.3 is 5.32 Å². The first-order valence-electron chi connectivity index (χ1n) is 7.62. The third-order valence-electron chi connectivity index (χ3n) is 3.57. The van der Waals surface area contributed by atoms with Crippen LogP contribution in [0.2, 0.25) is 5.02 Å². The molecule has 1 N–H and O–H groups in total. The second-order valence-corrected chi connectivity index (χ2v) is 5.96. The zero-order valence-corrected chi connectivity index (χ0v) is 14.3. The van der Waals surface area contributed by atoms with Crippen LogP contribution in [0.25, 0.3) is 11.3 Å². The number of carbonyl (C=O) groups excluding carboxylic acids is 1. The lowest BCUT2D eigenvalue weighted by Crippen LogP contribution is -2.29. The zero-order chi connectivity index (χ0) is 19.6. The molecule has 1 heterocycles. The van der Waals surface area contributed by atoms with Gasteiger partial charge >= 0.3 is 0 Å². The van der Waals surface area contributed by atoms with E-state index in [1.165, 1.54) is 12.1 Å². The zero-order valence-electron chi connectivity index (χ0n) is 13.5. The van der Waals surface area contributed by atoms with E-state index in [-0.39, 0.29) is 5.69 Å². The van der Waals surface area contributed by atoms with Crippen molar-refractivity contribution < 1.29 is 18.0 Å². The Morgan fingerprint density at radius 3 is 2.30 bits per heavy atom. The monoisotopic (exact) mass is 393 g/mol. The number of nitrogens with one attached hydrogen (secondary N) is 1. The van der Waals surface area contributed by atoms with Gasteiger partial charge in [0.15, 0.2) is 17.5 Å². The molecule has 27 heavy (non-hydrogen) atoms. The minimum Gasteiger partial charge on any atom is -0.324 e. The number of anilines is 1. The standard InChI is InChI=1S/C18H11ClF3N3O2/c19-11-3-1-10(2-4-11)15-5-6-17(27)25(24-15)9-16(26)23-12-7-13(20)18(22)14(21)8-12/h1-8H,9H2,(H,23,26). The molecular formula is C18H11ClF3N3O2. The van der Waals surface area contributed by atoms with Gasteiger partial charge in [-0.3, -0.25) is 9.59 Å². The maximum absolute atomic E-state index is 13.2. The van der Waals surface area contributed by atoms with Gasteiger partial charge in [-0.15, -0.1) is 0 Å². The predicted molar refractivity (Wildman–Crippen MR) is 93.9 cm³/mol. The highest BCUT2D eigenvalue weighted by molar-refractivity contribution is 6.30. The van der Waals surface area contributed by atoms with E-state index in [4.69, 9.17) is 11.6 Å². The van der Waals surface area contributed by atoms with Crippen molar-refractivity contribution in [1.29, 1.82) is 0 Å². The van der Waals surface area contributed by atoms with Gasteiger partial charge in [0, 0.05) is 34.5 Å². The van der Waals surface area contributed by atoms with Crippen molar-refractivity contribution in [2.45, 2.75) is 6.54 Å². The number of carbonyl (C=O) groups is 1. The summed E-state index contributed by atoms with van der Waals surface area (Å²) in [5.41, 5.74) is 0.284. The Kier molecular flexibility index (Phi) is 5.27. The van der Waals surface area contributed by atoms with Crippen molar-refractivity contribution in [2.75, 3.05) is 5.32 Å². The van der Waals surface area contributed by atoms with Crippen LogP contribution in [0.15, 0.2) is 53.3 Å². The van der Waals surface area contributed by atoms with Crippen molar-refractivity contribution in [3.63, 3.8) is 0 Å². The molecule has 0 spiro atoms. The maximum Gasteiger partial charge on any atom is 0.267 e. The molecule has 5 nitrogen and oxygen atoms in total. The van der Waals surface area contributed by atoms with Gasteiger partial charge in [0.2, 0.25) is 5.91 Å². The number of rotatable bonds is 4. The summed E-state index contributed by atoms with van der Waals surface area (Å²) in [6.07, 6.45) is 0. The van der Waals surface area contributed by atoms with Crippen LogP contribution in [0.1, 0.15) is 0 Å². The first kappa shape index (κ1) is 18.7. The molecule has 0 saturated carbocycles. The largest absolute Gasteiger partial charge is 0.324 e. The molecule has 0 aliphatic carbocycles. The Morgan fingerprint density at radius 1 is 1.04 bits per heavy atom. The Balaban J connectivity index is 1.80. The van der Waals surface area contributed by atoms with Crippen LogP contribution in [0.5, 0.6) is 0 Å². The summed E-state index contributed by atoms with van der Waals surface area (Å²) in [7, 11) is 0. The third-order valence-corrected chi connectivity index (χ3v) is 3.82. The molecule has 2 aromatic carbocycles. The van der Waals surface area contributed by atoms with E-state index in [1.807, 2.05) is 0 Å². The first-order valence-corrected chi connectivity index (χ1v) is 8.00. The van der Waals surface area contributed by atoms with Gasteiger partial charge in [0.25, 0.3) is 5.56 Å². The van der Waals surface area contributed by atoms with Crippen LogP contribution < -0.4 is 10.9 Å². The number of hydrogen-bond acceptors (Lipinski definition) is 3. The number of benzene rings is 2. The van der Waals surface area contributed by atoms with Crippen LogP contribution in [0.3, 0.4) is 0 Å². The SMILES string of the molecule is O=C(Cn1nc(-c2ccc(Cl)cc2)ccc1=O)Nc1cc(F)c(F)c(F)c1.